The van der Waals surface area contributed by atoms with E-state index in [2.05, 4.69) is 21.9 Å². The molecule has 1 unspecified atom stereocenters. The quantitative estimate of drug-likeness (QED) is 0.603. The van der Waals surface area contributed by atoms with Crippen LogP contribution in [0, 0.1) is 0 Å². The van der Waals surface area contributed by atoms with E-state index in [1.54, 1.807) is 0 Å². The highest BCUT2D eigenvalue weighted by Crippen LogP contribution is 2.15. The number of rotatable bonds is 5. The summed E-state index contributed by atoms with van der Waals surface area (Å²) in [5.74, 6) is -0.302. The number of methoxy groups -OCH3 is 1. The fourth-order valence-electron chi connectivity index (χ4n) is 2.11. The lowest BCUT2D eigenvalue weighted by atomic mass is 10.2. The number of likely N-dealkylation sites (tertiary alicyclic amines) is 1. The van der Waals surface area contributed by atoms with Gasteiger partial charge in [-0.3, -0.25) is 4.90 Å². The lowest BCUT2D eigenvalue weighted by Gasteiger charge is -2.23. The average Bonchev–Trinajstić information content (AvgIpc) is 2.73. The number of hydrogen-bond acceptors (Lipinski definition) is 4. The summed E-state index contributed by atoms with van der Waals surface area (Å²) in [6.45, 7) is 7.29. The van der Waals surface area contributed by atoms with Gasteiger partial charge in [-0.25, -0.2) is 4.79 Å². The van der Waals surface area contributed by atoms with E-state index in [-0.39, 0.29) is 18.4 Å². The first-order valence-corrected chi connectivity index (χ1v) is 5.91. The molecule has 1 N–H and O–H groups in total. The summed E-state index contributed by atoms with van der Waals surface area (Å²) in [5.41, 5.74) is 0.870. The number of nitrogens with one attached hydrogen (secondary N) is 1. The van der Waals surface area contributed by atoms with E-state index in [9.17, 15) is 4.79 Å². The van der Waals surface area contributed by atoms with E-state index in [1.807, 2.05) is 6.92 Å². The Labute approximate surface area is 110 Å². The van der Waals surface area contributed by atoms with Crippen molar-refractivity contribution in [3.8, 4) is 0 Å². The molecule has 1 fully saturated rings. The summed E-state index contributed by atoms with van der Waals surface area (Å²) in [6, 6.07) is 0.603. The smallest absolute Gasteiger partial charge is 0.332 e. The van der Waals surface area contributed by atoms with Crippen LogP contribution in [0.3, 0.4) is 0 Å². The molecule has 0 aromatic rings. The van der Waals surface area contributed by atoms with Gasteiger partial charge in [0, 0.05) is 24.4 Å². The first-order valence-electron chi connectivity index (χ1n) is 5.91. The molecule has 1 rings (SSSR count). The van der Waals surface area contributed by atoms with Crippen LogP contribution in [0.5, 0.6) is 0 Å². The zero-order chi connectivity index (χ0) is 12.0. The van der Waals surface area contributed by atoms with Crippen molar-refractivity contribution in [2.24, 2.45) is 0 Å². The maximum absolute atomic E-state index is 11.0. The van der Waals surface area contributed by atoms with Gasteiger partial charge in [-0.2, -0.15) is 0 Å². The Morgan fingerprint density at radius 3 is 2.88 bits per heavy atom. The van der Waals surface area contributed by atoms with Gasteiger partial charge in [0.1, 0.15) is 0 Å². The number of allylic oxidation sites excluding steroid dienone is 1. The minimum Gasteiger partial charge on any atom is -0.466 e. The molecule has 0 spiro atoms. The average molecular weight is 263 g/mol. The number of carbonyl (C=O) groups excluding carboxylic acids is 1. The number of esters is 1. The standard InChI is InChI=1S/C12H22N2O2.ClH/c1-4-14-7-5-6-11(14)9-13-10(2)8-12(15)16-3;/h8,11,13H,4-7,9H2,1-3H3;1H. The molecule has 1 aliphatic heterocycles. The molecule has 100 valence electrons. The van der Waals surface area contributed by atoms with Gasteiger partial charge >= 0.3 is 5.97 Å². The third-order valence-electron chi connectivity index (χ3n) is 3.06. The molecule has 1 heterocycles. The molecule has 0 aromatic heterocycles. The number of likely N-dealkylation sites (N-methyl/N-ethyl adjacent to an activating group) is 1. The zero-order valence-corrected chi connectivity index (χ0v) is 11.7. The molecule has 0 aromatic carbocycles. The third kappa shape index (κ3) is 5.41. The summed E-state index contributed by atoms with van der Waals surface area (Å²) in [5, 5.41) is 3.27. The summed E-state index contributed by atoms with van der Waals surface area (Å²) < 4.78 is 4.57. The first-order chi connectivity index (χ1) is 7.67. The SMILES string of the molecule is CCN1CCCC1CNC(C)=CC(=O)OC.Cl. The number of ether oxygens (including phenoxy) is 1. The molecule has 1 aliphatic rings. The van der Waals surface area contributed by atoms with Gasteiger partial charge in [0.25, 0.3) is 0 Å². The Morgan fingerprint density at radius 1 is 1.59 bits per heavy atom. The molecular formula is C12H23ClN2O2. The van der Waals surface area contributed by atoms with Crippen molar-refractivity contribution in [1.29, 1.82) is 0 Å². The van der Waals surface area contributed by atoms with Crippen LogP contribution >= 0.6 is 12.4 Å². The summed E-state index contributed by atoms with van der Waals surface area (Å²) in [7, 11) is 1.39. The molecule has 4 nitrogen and oxygen atoms in total. The Balaban J connectivity index is 0.00000256. The molecule has 17 heavy (non-hydrogen) atoms. The van der Waals surface area contributed by atoms with Crippen LogP contribution in [0.15, 0.2) is 11.8 Å². The molecule has 1 saturated heterocycles. The molecule has 0 amide bonds. The lowest BCUT2D eigenvalue weighted by molar-refractivity contribution is -0.134. The second-order valence-electron chi connectivity index (χ2n) is 4.16. The van der Waals surface area contributed by atoms with Crippen LogP contribution in [0.25, 0.3) is 0 Å². The van der Waals surface area contributed by atoms with Crippen molar-refractivity contribution in [3.05, 3.63) is 11.8 Å². The van der Waals surface area contributed by atoms with Crippen LogP contribution in [0.1, 0.15) is 26.7 Å². The first kappa shape index (κ1) is 16.3. The van der Waals surface area contributed by atoms with Crippen molar-refractivity contribution in [3.63, 3.8) is 0 Å². The van der Waals surface area contributed by atoms with Crippen LogP contribution in [-0.2, 0) is 9.53 Å². The Kier molecular flexibility index (Phi) is 8.00. The largest absolute Gasteiger partial charge is 0.466 e. The summed E-state index contributed by atoms with van der Waals surface area (Å²) >= 11 is 0. The summed E-state index contributed by atoms with van der Waals surface area (Å²) in [6.07, 6.45) is 4.01. The maximum Gasteiger partial charge on any atom is 0.332 e. The highest BCUT2D eigenvalue weighted by Gasteiger charge is 2.22. The predicted molar refractivity (Wildman–Crippen MR) is 71.3 cm³/mol. The molecule has 1 atom stereocenters. The van der Waals surface area contributed by atoms with Gasteiger partial charge in [-0.1, -0.05) is 6.92 Å². The van der Waals surface area contributed by atoms with Gasteiger partial charge in [-0.15, -0.1) is 12.4 Å². The molecular weight excluding hydrogens is 240 g/mol. The maximum atomic E-state index is 11.0. The lowest BCUT2D eigenvalue weighted by Crippen LogP contribution is -2.37. The predicted octanol–water partition coefficient (Wildman–Crippen LogP) is 1.56. The van der Waals surface area contributed by atoms with Gasteiger partial charge in [0.15, 0.2) is 0 Å². The Bertz CT molecular complexity index is 269. The molecule has 5 heteroatoms. The monoisotopic (exact) mass is 262 g/mol. The fraction of sp³-hybridized carbons (Fsp3) is 0.750. The highest BCUT2D eigenvalue weighted by molar-refractivity contribution is 5.85. The zero-order valence-electron chi connectivity index (χ0n) is 10.9. The van der Waals surface area contributed by atoms with E-state index in [0.717, 1.165) is 18.8 Å². The third-order valence-corrected chi connectivity index (χ3v) is 3.06. The van der Waals surface area contributed by atoms with Crippen LogP contribution in [0.4, 0.5) is 0 Å². The molecule has 0 aliphatic carbocycles. The van der Waals surface area contributed by atoms with Crippen molar-refractivity contribution in [2.45, 2.75) is 32.7 Å². The van der Waals surface area contributed by atoms with E-state index in [0.29, 0.717) is 6.04 Å². The minimum absolute atomic E-state index is 0. The van der Waals surface area contributed by atoms with E-state index < -0.39 is 0 Å². The second-order valence-corrected chi connectivity index (χ2v) is 4.16. The van der Waals surface area contributed by atoms with Crippen molar-refractivity contribution >= 4 is 18.4 Å². The van der Waals surface area contributed by atoms with Gasteiger partial charge < -0.3 is 10.1 Å². The van der Waals surface area contributed by atoms with Gasteiger partial charge in [0.2, 0.25) is 0 Å². The topological polar surface area (TPSA) is 41.6 Å². The highest BCUT2D eigenvalue weighted by atomic mass is 35.5. The Hall–Kier alpha value is -0.740. The normalized spacial score (nSPS) is 20.9. The van der Waals surface area contributed by atoms with Crippen LogP contribution < -0.4 is 5.32 Å². The van der Waals surface area contributed by atoms with Crippen LogP contribution in [-0.4, -0.2) is 43.7 Å². The molecule has 0 radical (unpaired) electrons. The molecule has 0 bridgehead atoms. The number of nitrogens with zero attached hydrogens (tertiary/aromatic N) is 1. The van der Waals surface area contributed by atoms with Gasteiger partial charge in [0.05, 0.1) is 7.11 Å². The van der Waals surface area contributed by atoms with E-state index >= 15 is 0 Å². The second kappa shape index (κ2) is 8.37. The number of hydrogen-bond donors (Lipinski definition) is 1. The fourth-order valence-corrected chi connectivity index (χ4v) is 2.11. The molecule has 0 saturated carbocycles. The Morgan fingerprint density at radius 2 is 2.29 bits per heavy atom. The summed E-state index contributed by atoms with van der Waals surface area (Å²) in [4.78, 5) is 13.5. The van der Waals surface area contributed by atoms with E-state index in [4.69, 9.17) is 0 Å². The van der Waals surface area contributed by atoms with Crippen molar-refractivity contribution in [1.82, 2.24) is 10.2 Å². The number of carbonyl (C=O) groups is 1. The van der Waals surface area contributed by atoms with Crippen molar-refractivity contribution < 1.29 is 9.53 Å². The number of halogens is 1. The minimum atomic E-state index is -0.302. The van der Waals surface area contributed by atoms with E-state index in [1.165, 1.54) is 32.6 Å². The van der Waals surface area contributed by atoms with Gasteiger partial charge in [-0.05, 0) is 32.9 Å². The van der Waals surface area contributed by atoms with Crippen LogP contribution in [0.2, 0.25) is 0 Å². The van der Waals surface area contributed by atoms with Crippen molar-refractivity contribution in [2.75, 3.05) is 26.7 Å².